The van der Waals surface area contributed by atoms with E-state index in [1.165, 1.54) is 0 Å². The molecule has 1 N–H and O–H groups in total. The molecule has 170 valence electrons. The lowest BCUT2D eigenvalue weighted by Gasteiger charge is -2.24. The number of aryl methyl sites for hydroxylation is 1. The normalized spacial score (nSPS) is 10.5. The van der Waals surface area contributed by atoms with E-state index in [0.29, 0.717) is 17.1 Å². The second-order valence-electron chi connectivity index (χ2n) is 8.15. The smallest absolute Gasteiger partial charge is 0.258 e. The molecule has 2 amide bonds. The third-order valence-corrected chi connectivity index (χ3v) is 5.66. The van der Waals surface area contributed by atoms with Crippen molar-refractivity contribution in [2.45, 2.75) is 19.9 Å². The summed E-state index contributed by atoms with van der Waals surface area (Å²) in [5.41, 5.74) is 4.95. The van der Waals surface area contributed by atoms with E-state index in [4.69, 9.17) is 11.6 Å². The zero-order valence-electron chi connectivity index (χ0n) is 18.9. The van der Waals surface area contributed by atoms with Gasteiger partial charge >= 0.3 is 0 Å². The fraction of sp³-hybridized carbons (Fsp3) is 0.103. The highest BCUT2D eigenvalue weighted by Gasteiger charge is 2.19. The lowest BCUT2D eigenvalue weighted by Crippen LogP contribution is -2.30. The largest absolute Gasteiger partial charge is 0.326 e. The highest BCUT2D eigenvalue weighted by molar-refractivity contribution is 6.30. The van der Waals surface area contributed by atoms with Crippen LogP contribution >= 0.6 is 11.6 Å². The SMILES string of the molecule is Cc1cccc(NC(=O)Cc2cccc(N(Cc3ccccc3)C(=O)c3ccc(Cl)cc3)c2)c1. The van der Waals surface area contributed by atoms with Crippen LogP contribution in [0.3, 0.4) is 0 Å². The number of hydrogen-bond donors (Lipinski definition) is 1. The van der Waals surface area contributed by atoms with Crippen LogP contribution < -0.4 is 10.2 Å². The van der Waals surface area contributed by atoms with Crippen LogP contribution in [0.15, 0.2) is 103 Å². The fourth-order valence-corrected chi connectivity index (χ4v) is 3.87. The lowest BCUT2D eigenvalue weighted by atomic mass is 10.1. The first-order chi connectivity index (χ1) is 16.5. The van der Waals surface area contributed by atoms with Gasteiger partial charge in [-0.3, -0.25) is 9.59 Å². The van der Waals surface area contributed by atoms with Crippen molar-refractivity contribution in [1.82, 2.24) is 0 Å². The first-order valence-corrected chi connectivity index (χ1v) is 11.4. The summed E-state index contributed by atoms with van der Waals surface area (Å²) >= 11 is 6.02. The van der Waals surface area contributed by atoms with E-state index in [1.807, 2.05) is 85.8 Å². The maximum absolute atomic E-state index is 13.5. The second kappa shape index (κ2) is 10.8. The van der Waals surface area contributed by atoms with Crippen molar-refractivity contribution in [2.24, 2.45) is 0 Å². The number of nitrogens with one attached hydrogen (secondary N) is 1. The Morgan fingerprint density at radius 1 is 0.794 bits per heavy atom. The Morgan fingerprint density at radius 3 is 2.24 bits per heavy atom. The molecule has 0 spiro atoms. The van der Waals surface area contributed by atoms with E-state index >= 15 is 0 Å². The lowest BCUT2D eigenvalue weighted by molar-refractivity contribution is -0.115. The molecule has 0 aromatic heterocycles. The van der Waals surface area contributed by atoms with Crippen molar-refractivity contribution in [3.63, 3.8) is 0 Å². The minimum absolute atomic E-state index is 0.110. The molecule has 4 aromatic carbocycles. The van der Waals surface area contributed by atoms with Gasteiger partial charge in [0.15, 0.2) is 0 Å². The highest BCUT2D eigenvalue weighted by Crippen LogP contribution is 2.23. The predicted octanol–water partition coefficient (Wildman–Crippen LogP) is 6.68. The molecule has 0 saturated carbocycles. The zero-order valence-corrected chi connectivity index (χ0v) is 19.6. The van der Waals surface area contributed by atoms with Gasteiger partial charge in [0.2, 0.25) is 5.91 Å². The van der Waals surface area contributed by atoms with Crippen molar-refractivity contribution in [3.8, 4) is 0 Å². The van der Waals surface area contributed by atoms with E-state index in [1.54, 1.807) is 29.2 Å². The molecule has 5 heteroatoms. The summed E-state index contributed by atoms with van der Waals surface area (Å²) < 4.78 is 0. The first kappa shape index (κ1) is 23.3. The quantitative estimate of drug-likeness (QED) is 0.329. The molecule has 0 heterocycles. The molecule has 0 aliphatic heterocycles. The Morgan fingerprint density at radius 2 is 1.50 bits per heavy atom. The van der Waals surface area contributed by atoms with Crippen molar-refractivity contribution in [3.05, 3.63) is 130 Å². The van der Waals surface area contributed by atoms with Crippen molar-refractivity contribution < 1.29 is 9.59 Å². The van der Waals surface area contributed by atoms with Crippen LogP contribution in [0.2, 0.25) is 5.02 Å². The average Bonchev–Trinajstić information content (AvgIpc) is 2.83. The third kappa shape index (κ3) is 6.12. The molecule has 4 rings (SSSR count). The van der Waals surface area contributed by atoms with Crippen molar-refractivity contribution in [2.75, 3.05) is 10.2 Å². The molecule has 0 unspecified atom stereocenters. The van der Waals surface area contributed by atoms with Gasteiger partial charge in [0.05, 0.1) is 13.0 Å². The summed E-state index contributed by atoms with van der Waals surface area (Å²) in [6.45, 7) is 2.39. The molecule has 34 heavy (non-hydrogen) atoms. The van der Waals surface area contributed by atoms with Gasteiger partial charge in [-0.15, -0.1) is 0 Å². The maximum Gasteiger partial charge on any atom is 0.258 e. The minimum Gasteiger partial charge on any atom is -0.326 e. The number of amides is 2. The number of anilines is 2. The van der Waals surface area contributed by atoms with Crippen LogP contribution in [0.5, 0.6) is 0 Å². The highest BCUT2D eigenvalue weighted by atomic mass is 35.5. The van der Waals surface area contributed by atoms with E-state index in [0.717, 1.165) is 28.1 Å². The number of carbonyl (C=O) groups excluding carboxylic acids is 2. The van der Waals surface area contributed by atoms with Gasteiger partial charge < -0.3 is 10.2 Å². The summed E-state index contributed by atoms with van der Waals surface area (Å²) in [6, 6.07) is 31.9. The van der Waals surface area contributed by atoms with E-state index in [9.17, 15) is 9.59 Å². The Labute approximate surface area is 204 Å². The van der Waals surface area contributed by atoms with Crippen LogP contribution in [0.1, 0.15) is 27.0 Å². The molecular weight excluding hydrogens is 444 g/mol. The molecule has 0 fully saturated rings. The van der Waals surface area contributed by atoms with Crippen LogP contribution in [-0.2, 0) is 17.8 Å². The van der Waals surface area contributed by atoms with Crippen LogP contribution in [0.25, 0.3) is 0 Å². The number of benzene rings is 4. The summed E-state index contributed by atoms with van der Waals surface area (Å²) in [6.07, 6.45) is 0.204. The summed E-state index contributed by atoms with van der Waals surface area (Å²) in [5.74, 6) is -0.247. The third-order valence-electron chi connectivity index (χ3n) is 5.41. The van der Waals surface area contributed by atoms with E-state index < -0.39 is 0 Å². The molecule has 4 aromatic rings. The first-order valence-electron chi connectivity index (χ1n) is 11.0. The molecular formula is C29H25ClN2O2. The fourth-order valence-electron chi connectivity index (χ4n) is 3.74. The summed E-state index contributed by atoms with van der Waals surface area (Å²) in [5, 5.41) is 3.52. The number of hydrogen-bond acceptors (Lipinski definition) is 2. The Balaban J connectivity index is 1.58. The molecule has 4 nitrogen and oxygen atoms in total. The van der Waals surface area contributed by atoms with Crippen LogP contribution in [0.4, 0.5) is 11.4 Å². The minimum atomic E-state index is -0.137. The number of halogens is 1. The molecule has 0 atom stereocenters. The standard InChI is InChI=1S/C29H25ClN2O2/c1-21-7-5-11-26(17-21)31-28(33)19-23-10-6-12-27(18-23)32(20-22-8-3-2-4-9-22)29(34)24-13-15-25(30)16-14-24/h2-18H,19-20H2,1H3,(H,31,33). The van der Waals surface area contributed by atoms with Gasteiger partial charge in [-0.1, -0.05) is 66.2 Å². The van der Waals surface area contributed by atoms with Gasteiger partial charge in [0.25, 0.3) is 5.91 Å². The summed E-state index contributed by atoms with van der Waals surface area (Å²) in [7, 11) is 0. The molecule has 0 saturated heterocycles. The number of rotatable bonds is 7. The van der Waals surface area contributed by atoms with Crippen LogP contribution in [0, 0.1) is 6.92 Å². The molecule has 0 aliphatic carbocycles. The van der Waals surface area contributed by atoms with Gasteiger partial charge in [0, 0.05) is 22.0 Å². The number of nitrogens with zero attached hydrogens (tertiary/aromatic N) is 1. The predicted molar refractivity (Wildman–Crippen MR) is 138 cm³/mol. The van der Waals surface area contributed by atoms with Gasteiger partial charge in [-0.05, 0) is 72.1 Å². The Hall–Kier alpha value is -3.89. The summed E-state index contributed by atoms with van der Waals surface area (Å²) in [4.78, 5) is 27.8. The average molecular weight is 469 g/mol. The Kier molecular flexibility index (Phi) is 7.41. The topological polar surface area (TPSA) is 49.4 Å². The molecule has 0 radical (unpaired) electrons. The van der Waals surface area contributed by atoms with Crippen molar-refractivity contribution >= 4 is 34.8 Å². The zero-order chi connectivity index (χ0) is 23.9. The van der Waals surface area contributed by atoms with Crippen LogP contribution in [-0.4, -0.2) is 11.8 Å². The number of carbonyl (C=O) groups is 2. The van der Waals surface area contributed by atoms with Gasteiger partial charge in [-0.2, -0.15) is 0 Å². The van der Waals surface area contributed by atoms with E-state index in [2.05, 4.69) is 5.32 Å². The Bertz CT molecular complexity index is 1290. The van der Waals surface area contributed by atoms with Gasteiger partial charge in [-0.25, -0.2) is 0 Å². The maximum atomic E-state index is 13.5. The van der Waals surface area contributed by atoms with Crippen molar-refractivity contribution in [1.29, 1.82) is 0 Å². The second-order valence-corrected chi connectivity index (χ2v) is 8.58. The monoisotopic (exact) mass is 468 g/mol. The molecule has 0 bridgehead atoms. The van der Waals surface area contributed by atoms with Gasteiger partial charge in [0.1, 0.15) is 0 Å². The van der Waals surface area contributed by atoms with E-state index in [-0.39, 0.29) is 18.2 Å². The molecule has 0 aliphatic rings.